The minimum Gasteiger partial charge on any atom is -0.444 e. The fraction of sp³-hybridized carbons (Fsp3) is 0.692. The Bertz CT molecular complexity index is 494. The molecule has 1 aliphatic heterocycles. The van der Waals surface area contributed by atoms with E-state index in [1.54, 1.807) is 25.7 Å². The molecule has 0 spiro atoms. The summed E-state index contributed by atoms with van der Waals surface area (Å²) in [7, 11) is 0. The minimum absolute atomic E-state index is 0.306. The number of alkyl halides is 2. The van der Waals surface area contributed by atoms with Crippen LogP contribution in [0.3, 0.4) is 0 Å². The van der Waals surface area contributed by atoms with Crippen LogP contribution in [0.4, 0.5) is 13.6 Å². The molecule has 0 fully saturated rings. The summed E-state index contributed by atoms with van der Waals surface area (Å²) in [5.41, 5.74) is 0.903. The number of hydrogen-bond donors (Lipinski definition) is 0. The second-order valence-corrected chi connectivity index (χ2v) is 5.83. The first-order valence-corrected chi connectivity index (χ1v) is 6.55. The lowest BCUT2D eigenvalue weighted by Gasteiger charge is -2.30. The number of carbonyl (C=O) groups is 1. The summed E-state index contributed by atoms with van der Waals surface area (Å²) in [4.78, 5) is 17.6. The van der Waals surface area contributed by atoms with Crippen LogP contribution in [0, 0.1) is 0 Å². The highest BCUT2D eigenvalue weighted by molar-refractivity contribution is 5.68. The zero-order chi connectivity index (χ0) is 14.9. The van der Waals surface area contributed by atoms with Gasteiger partial charge in [0.15, 0.2) is 0 Å². The third-order valence-electron chi connectivity index (χ3n) is 2.98. The monoisotopic (exact) mass is 287 g/mol. The predicted molar refractivity (Wildman–Crippen MR) is 68.6 cm³/mol. The molecule has 1 amide bonds. The van der Waals surface area contributed by atoms with E-state index in [1.807, 2.05) is 0 Å². The summed E-state index contributed by atoms with van der Waals surface area (Å²) >= 11 is 0. The van der Waals surface area contributed by atoms with Crippen molar-refractivity contribution in [2.45, 2.75) is 52.3 Å². The third-order valence-corrected chi connectivity index (χ3v) is 2.98. The Morgan fingerprint density at radius 1 is 1.50 bits per heavy atom. The van der Waals surface area contributed by atoms with Gasteiger partial charge in [-0.1, -0.05) is 0 Å². The lowest BCUT2D eigenvalue weighted by Crippen LogP contribution is -2.40. The molecule has 0 saturated heterocycles. The number of aromatic nitrogens is 2. The SMILES string of the molecule is CC(C)(C)OC(=O)N1CCc2c(ncn2CC(F)F)C1. The van der Waals surface area contributed by atoms with Crippen LogP contribution in [-0.2, 0) is 24.2 Å². The molecule has 0 unspecified atom stereocenters. The van der Waals surface area contributed by atoms with Gasteiger partial charge in [0.1, 0.15) is 5.60 Å². The molecule has 20 heavy (non-hydrogen) atoms. The average Bonchev–Trinajstić information content (AvgIpc) is 2.69. The number of amides is 1. The molecule has 0 radical (unpaired) electrons. The van der Waals surface area contributed by atoms with Crippen LogP contribution in [0.15, 0.2) is 6.33 Å². The second-order valence-electron chi connectivity index (χ2n) is 5.83. The van der Waals surface area contributed by atoms with Crippen LogP contribution in [0.1, 0.15) is 32.2 Å². The highest BCUT2D eigenvalue weighted by atomic mass is 19.3. The summed E-state index contributed by atoms with van der Waals surface area (Å²) < 4.78 is 31.6. The normalized spacial score (nSPS) is 15.4. The number of hydrogen-bond acceptors (Lipinski definition) is 3. The molecule has 7 heteroatoms. The molecule has 0 bridgehead atoms. The number of halogens is 2. The molecule has 0 aromatic carbocycles. The number of imidazole rings is 1. The fourth-order valence-electron chi connectivity index (χ4n) is 2.16. The molecular weight excluding hydrogens is 268 g/mol. The molecule has 0 N–H and O–H groups in total. The van der Waals surface area contributed by atoms with E-state index in [0.29, 0.717) is 25.2 Å². The number of nitrogens with zero attached hydrogens (tertiary/aromatic N) is 3. The number of ether oxygens (including phenoxy) is 1. The lowest BCUT2D eigenvalue weighted by molar-refractivity contribution is 0.0218. The first-order valence-electron chi connectivity index (χ1n) is 6.55. The Morgan fingerprint density at radius 3 is 2.80 bits per heavy atom. The molecule has 1 aliphatic rings. The van der Waals surface area contributed by atoms with E-state index in [9.17, 15) is 13.6 Å². The van der Waals surface area contributed by atoms with Gasteiger partial charge in [0, 0.05) is 18.7 Å². The maximum absolute atomic E-state index is 12.4. The van der Waals surface area contributed by atoms with Gasteiger partial charge in [-0.15, -0.1) is 0 Å². The lowest BCUT2D eigenvalue weighted by atomic mass is 10.1. The number of carbonyl (C=O) groups excluding carboxylic acids is 1. The molecule has 0 saturated carbocycles. The van der Waals surface area contributed by atoms with Crippen molar-refractivity contribution in [1.29, 1.82) is 0 Å². The van der Waals surface area contributed by atoms with Crippen LogP contribution in [0.2, 0.25) is 0 Å². The van der Waals surface area contributed by atoms with Crippen molar-refractivity contribution < 1.29 is 18.3 Å². The quantitative estimate of drug-likeness (QED) is 0.839. The molecule has 0 aliphatic carbocycles. The smallest absolute Gasteiger partial charge is 0.410 e. The van der Waals surface area contributed by atoms with Crippen molar-refractivity contribution in [3.05, 3.63) is 17.7 Å². The summed E-state index contributed by atoms with van der Waals surface area (Å²) in [6, 6.07) is 0. The summed E-state index contributed by atoms with van der Waals surface area (Å²) in [5.74, 6) is 0. The van der Waals surface area contributed by atoms with Crippen LogP contribution in [0.5, 0.6) is 0 Å². The highest BCUT2D eigenvalue weighted by Crippen LogP contribution is 2.20. The van der Waals surface area contributed by atoms with Crippen LogP contribution in [-0.4, -0.2) is 39.1 Å². The molecule has 0 atom stereocenters. The Morgan fingerprint density at radius 2 is 2.20 bits per heavy atom. The number of fused-ring (bicyclic) bond motifs is 1. The molecule has 1 aromatic rings. The van der Waals surface area contributed by atoms with Crippen LogP contribution < -0.4 is 0 Å². The van der Waals surface area contributed by atoms with Gasteiger partial charge < -0.3 is 14.2 Å². The van der Waals surface area contributed by atoms with Gasteiger partial charge in [0.05, 0.1) is 25.1 Å². The van der Waals surface area contributed by atoms with Gasteiger partial charge >= 0.3 is 6.09 Å². The first kappa shape index (κ1) is 14.7. The Balaban J connectivity index is 2.05. The minimum atomic E-state index is -2.41. The van der Waals surface area contributed by atoms with E-state index in [1.165, 1.54) is 10.9 Å². The van der Waals surface area contributed by atoms with Crippen molar-refractivity contribution in [2.75, 3.05) is 6.54 Å². The van der Waals surface area contributed by atoms with E-state index in [0.717, 1.165) is 5.69 Å². The molecule has 2 rings (SSSR count). The zero-order valence-corrected chi connectivity index (χ0v) is 11.9. The van der Waals surface area contributed by atoms with E-state index in [4.69, 9.17) is 4.74 Å². The second kappa shape index (κ2) is 5.38. The molecule has 2 heterocycles. The average molecular weight is 287 g/mol. The van der Waals surface area contributed by atoms with Gasteiger partial charge in [-0.3, -0.25) is 0 Å². The fourth-order valence-corrected chi connectivity index (χ4v) is 2.16. The molecule has 112 valence electrons. The molecule has 5 nitrogen and oxygen atoms in total. The van der Waals surface area contributed by atoms with Gasteiger partial charge in [0.25, 0.3) is 6.43 Å². The zero-order valence-electron chi connectivity index (χ0n) is 11.9. The molecular formula is C13H19F2N3O2. The van der Waals surface area contributed by atoms with Crippen molar-refractivity contribution in [1.82, 2.24) is 14.5 Å². The van der Waals surface area contributed by atoms with Crippen molar-refractivity contribution in [2.24, 2.45) is 0 Å². The van der Waals surface area contributed by atoms with E-state index >= 15 is 0 Å². The Hall–Kier alpha value is -1.66. The maximum Gasteiger partial charge on any atom is 0.410 e. The Kier molecular flexibility index (Phi) is 3.96. The topological polar surface area (TPSA) is 47.4 Å². The largest absolute Gasteiger partial charge is 0.444 e. The summed E-state index contributed by atoms with van der Waals surface area (Å²) in [5, 5.41) is 0. The van der Waals surface area contributed by atoms with Crippen molar-refractivity contribution >= 4 is 6.09 Å². The van der Waals surface area contributed by atoms with Gasteiger partial charge in [-0.25, -0.2) is 18.6 Å². The van der Waals surface area contributed by atoms with Crippen LogP contribution >= 0.6 is 0 Å². The highest BCUT2D eigenvalue weighted by Gasteiger charge is 2.28. The first-order chi connectivity index (χ1) is 9.26. The van der Waals surface area contributed by atoms with E-state index < -0.39 is 18.1 Å². The standard InChI is InChI=1S/C13H19F2N3O2/c1-13(2,3)20-12(19)17-5-4-10-9(6-17)16-8-18(10)7-11(14)15/h8,11H,4-7H2,1-3H3. The summed E-state index contributed by atoms with van der Waals surface area (Å²) in [6.45, 7) is 5.82. The predicted octanol–water partition coefficient (Wildman–Crippen LogP) is 2.44. The molecule has 1 aromatic heterocycles. The van der Waals surface area contributed by atoms with E-state index in [2.05, 4.69) is 4.98 Å². The summed E-state index contributed by atoms with van der Waals surface area (Å²) in [6.07, 6.45) is -0.875. The van der Waals surface area contributed by atoms with Crippen molar-refractivity contribution in [3.8, 4) is 0 Å². The van der Waals surface area contributed by atoms with Gasteiger partial charge in [-0.2, -0.15) is 0 Å². The van der Waals surface area contributed by atoms with Gasteiger partial charge in [-0.05, 0) is 20.8 Å². The van der Waals surface area contributed by atoms with E-state index in [-0.39, 0.29) is 6.54 Å². The van der Waals surface area contributed by atoms with Crippen LogP contribution in [0.25, 0.3) is 0 Å². The van der Waals surface area contributed by atoms with Gasteiger partial charge in [0.2, 0.25) is 0 Å². The Labute approximate surface area is 116 Å². The third kappa shape index (κ3) is 3.46. The number of rotatable bonds is 2. The maximum atomic E-state index is 12.4. The van der Waals surface area contributed by atoms with Crippen molar-refractivity contribution in [3.63, 3.8) is 0 Å².